The van der Waals surface area contributed by atoms with E-state index in [1.165, 1.54) is 4.90 Å². The number of rotatable bonds is 7. The molecule has 0 aliphatic carbocycles. The number of carbonyl (C=O) groups is 2. The highest BCUT2D eigenvalue weighted by molar-refractivity contribution is 7.18. The number of hydrogen-bond donors (Lipinski definition) is 1. The maximum Gasteiger partial charge on any atom is 0.326 e. The number of thiazole rings is 1. The van der Waals surface area contributed by atoms with Gasteiger partial charge in [0.25, 0.3) is 5.91 Å². The minimum atomic E-state index is -1.14. The first kappa shape index (κ1) is 22.3. The summed E-state index contributed by atoms with van der Waals surface area (Å²) in [6.45, 7) is 2.22. The molecule has 1 N–H and O–H groups in total. The van der Waals surface area contributed by atoms with Crippen LogP contribution in [0.3, 0.4) is 0 Å². The Morgan fingerprint density at radius 3 is 2.32 bits per heavy atom. The lowest BCUT2D eigenvalue weighted by Gasteiger charge is -2.29. The van der Waals surface area contributed by atoms with E-state index >= 15 is 0 Å². The van der Waals surface area contributed by atoms with Gasteiger partial charge in [-0.15, -0.1) is 11.3 Å². The summed E-state index contributed by atoms with van der Waals surface area (Å²) in [5.74, 6) is -0.240. The van der Waals surface area contributed by atoms with E-state index in [4.69, 9.17) is 4.98 Å². The zero-order valence-electron chi connectivity index (χ0n) is 19.1. The van der Waals surface area contributed by atoms with Crippen molar-refractivity contribution >= 4 is 33.5 Å². The third-order valence-corrected chi connectivity index (χ3v) is 7.65. The highest BCUT2D eigenvalue weighted by Crippen LogP contribution is 2.34. The lowest BCUT2D eigenvalue weighted by atomic mass is 9.83. The van der Waals surface area contributed by atoms with Crippen molar-refractivity contribution in [2.45, 2.75) is 24.9 Å². The lowest BCUT2D eigenvalue weighted by molar-refractivity contribution is -0.133. The van der Waals surface area contributed by atoms with Crippen LogP contribution in [0.25, 0.3) is 10.2 Å². The van der Waals surface area contributed by atoms with Crippen LogP contribution >= 0.6 is 11.3 Å². The number of nitrogens with one attached hydrogen (secondary N) is 1. The van der Waals surface area contributed by atoms with Gasteiger partial charge in [-0.05, 0) is 37.2 Å². The van der Waals surface area contributed by atoms with Gasteiger partial charge in [0.05, 0.1) is 22.9 Å². The van der Waals surface area contributed by atoms with E-state index in [1.54, 1.807) is 11.3 Å². The Morgan fingerprint density at radius 2 is 1.62 bits per heavy atom. The van der Waals surface area contributed by atoms with Gasteiger partial charge in [-0.2, -0.15) is 0 Å². The Bertz CT molecular complexity index is 1290. The number of nitrogens with zero attached hydrogens (tertiary/aromatic N) is 3. The summed E-state index contributed by atoms with van der Waals surface area (Å²) in [7, 11) is 1.91. The van der Waals surface area contributed by atoms with Gasteiger partial charge in [0.1, 0.15) is 5.01 Å². The molecule has 3 amide bonds. The predicted molar refractivity (Wildman–Crippen MR) is 134 cm³/mol. The number of aromatic nitrogens is 1. The molecule has 0 spiro atoms. The molecule has 2 unspecified atom stereocenters. The van der Waals surface area contributed by atoms with E-state index in [0.717, 1.165) is 26.4 Å². The van der Waals surface area contributed by atoms with Gasteiger partial charge in [-0.25, -0.2) is 14.7 Å². The van der Waals surface area contributed by atoms with Crippen molar-refractivity contribution in [3.05, 3.63) is 101 Å². The number of imide groups is 1. The van der Waals surface area contributed by atoms with Crippen LogP contribution in [0.15, 0.2) is 84.9 Å². The molecule has 172 valence electrons. The molecule has 0 radical (unpaired) electrons. The zero-order chi connectivity index (χ0) is 23.7. The van der Waals surface area contributed by atoms with Gasteiger partial charge in [-0.1, -0.05) is 72.8 Å². The van der Waals surface area contributed by atoms with Gasteiger partial charge >= 0.3 is 6.03 Å². The van der Waals surface area contributed by atoms with Gasteiger partial charge in [0.2, 0.25) is 0 Å². The van der Waals surface area contributed by atoms with Crippen molar-refractivity contribution in [1.82, 2.24) is 20.1 Å². The number of benzene rings is 3. The molecule has 5 rings (SSSR count). The lowest BCUT2D eigenvalue weighted by Crippen LogP contribution is -2.47. The molecule has 2 heterocycles. The molecule has 0 bridgehead atoms. The molecule has 3 aromatic carbocycles. The fourth-order valence-electron chi connectivity index (χ4n) is 4.40. The van der Waals surface area contributed by atoms with Gasteiger partial charge in [-0.3, -0.25) is 9.69 Å². The number of para-hydroxylation sites is 1. The number of hydrogen-bond acceptors (Lipinski definition) is 5. The van der Waals surface area contributed by atoms with Crippen molar-refractivity contribution < 1.29 is 9.59 Å². The van der Waals surface area contributed by atoms with Crippen LogP contribution in [0.1, 0.15) is 29.1 Å². The van der Waals surface area contributed by atoms with Crippen LogP contribution in [0.4, 0.5) is 4.79 Å². The Morgan fingerprint density at radius 1 is 0.971 bits per heavy atom. The summed E-state index contributed by atoms with van der Waals surface area (Å²) in [6.07, 6.45) is 0.385. The van der Waals surface area contributed by atoms with Crippen molar-refractivity contribution in [2.24, 2.45) is 0 Å². The van der Waals surface area contributed by atoms with E-state index in [9.17, 15) is 9.59 Å². The summed E-state index contributed by atoms with van der Waals surface area (Å²) < 4.78 is 1.12. The van der Waals surface area contributed by atoms with Gasteiger partial charge in [0.15, 0.2) is 5.54 Å². The van der Waals surface area contributed by atoms with Crippen LogP contribution in [0, 0.1) is 0 Å². The second-order valence-electron chi connectivity index (χ2n) is 8.69. The Balaban J connectivity index is 1.42. The summed E-state index contributed by atoms with van der Waals surface area (Å²) in [5.41, 5.74) is 1.59. The van der Waals surface area contributed by atoms with Crippen molar-refractivity contribution in [3.8, 4) is 0 Å². The number of amides is 3. The number of fused-ring (bicyclic) bond motifs is 1. The summed E-state index contributed by atoms with van der Waals surface area (Å²) in [6, 6.07) is 26.9. The maximum absolute atomic E-state index is 13.9. The molecule has 1 fully saturated rings. The van der Waals surface area contributed by atoms with E-state index in [2.05, 4.69) is 11.4 Å². The average molecular weight is 471 g/mol. The number of urea groups is 1. The van der Waals surface area contributed by atoms with Crippen LogP contribution in [-0.2, 0) is 16.8 Å². The second kappa shape index (κ2) is 9.00. The summed E-state index contributed by atoms with van der Waals surface area (Å²) in [4.78, 5) is 35.1. The van der Waals surface area contributed by atoms with E-state index < -0.39 is 5.54 Å². The predicted octanol–water partition coefficient (Wildman–Crippen LogP) is 4.94. The SMILES string of the molecule is CC(c1nc2ccccc2s1)N(C)CN1C(=O)NC(Cc2ccccc2)(c2ccccc2)C1=O. The molecule has 4 aromatic rings. The molecule has 1 saturated heterocycles. The molecule has 34 heavy (non-hydrogen) atoms. The standard InChI is InChI=1S/C27H26N4O2S/c1-19(24-28-22-15-9-10-16-23(22)34-24)30(2)18-31-25(32)27(29-26(31)33,21-13-7-4-8-14-21)17-20-11-5-3-6-12-20/h3-16,19H,17-18H2,1-2H3,(H,29,33). The van der Waals surface area contributed by atoms with Crippen molar-refractivity contribution in [2.75, 3.05) is 13.7 Å². The quantitative estimate of drug-likeness (QED) is 0.389. The third-order valence-electron chi connectivity index (χ3n) is 6.45. The topological polar surface area (TPSA) is 65.5 Å². The Kier molecular flexibility index (Phi) is 5.89. The molecular weight excluding hydrogens is 444 g/mol. The smallest absolute Gasteiger partial charge is 0.319 e. The second-order valence-corrected chi connectivity index (χ2v) is 9.75. The molecule has 7 heteroatoms. The Hall–Kier alpha value is -3.55. The molecule has 1 aromatic heterocycles. The van der Waals surface area contributed by atoms with Crippen LogP contribution in [0.2, 0.25) is 0 Å². The first-order valence-corrected chi connectivity index (χ1v) is 12.1. The first-order valence-electron chi connectivity index (χ1n) is 11.3. The zero-order valence-corrected chi connectivity index (χ0v) is 20.0. The van der Waals surface area contributed by atoms with Crippen LogP contribution < -0.4 is 5.32 Å². The molecule has 1 aliphatic heterocycles. The fraction of sp³-hybridized carbons (Fsp3) is 0.222. The maximum atomic E-state index is 13.9. The fourth-order valence-corrected chi connectivity index (χ4v) is 5.48. The molecule has 1 aliphatic rings. The highest BCUT2D eigenvalue weighted by atomic mass is 32.1. The minimum absolute atomic E-state index is 0.0566. The molecular formula is C27H26N4O2S. The third kappa shape index (κ3) is 3.97. The van der Waals surface area contributed by atoms with E-state index in [1.807, 2.05) is 97.7 Å². The molecule has 2 atom stereocenters. The summed E-state index contributed by atoms with van der Waals surface area (Å²) in [5, 5.41) is 3.99. The van der Waals surface area contributed by atoms with E-state index in [-0.39, 0.29) is 24.6 Å². The van der Waals surface area contributed by atoms with E-state index in [0.29, 0.717) is 6.42 Å². The first-order chi connectivity index (χ1) is 16.5. The summed E-state index contributed by atoms with van der Waals surface area (Å²) >= 11 is 1.63. The monoisotopic (exact) mass is 470 g/mol. The van der Waals surface area contributed by atoms with Gasteiger partial charge in [0, 0.05) is 6.42 Å². The normalized spacial score (nSPS) is 19.1. The molecule has 0 saturated carbocycles. The van der Waals surface area contributed by atoms with Crippen LogP contribution in [-0.4, -0.2) is 40.4 Å². The number of carbonyl (C=O) groups excluding carboxylic acids is 2. The van der Waals surface area contributed by atoms with Crippen LogP contribution in [0.5, 0.6) is 0 Å². The van der Waals surface area contributed by atoms with Crippen molar-refractivity contribution in [1.29, 1.82) is 0 Å². The highest BCUT2D eigenvalue weighted by Gasteiger charge is 2.52. The molecule has 6 nitrogen and oxygen atoms in total. The average Bonchev–Trinajstić information content (AvgIpc) is 3.40. The Labute approximate surface area is 202 Å². The van der Waals surface area contributed by atoms with Crippen molar-refractivity contribution in [3.63, 3.8) is 0 Å². The van der Waals surface area contributed by atoms with Gasteiger partial charge < -0.3 is 5.32 Å². The minimum Gasteiger partial charge on any atom is -0.319 e. The largest absolute Gasteiger partial charge is 0.326 e.